The molecule has 5 nitrogen and oxygen atoms in total. The van der Waals surface area contributed by atoms with E-state index in [1.165, 1.54) is 11.7 Å². The van der Waals surface area contributed by atoms with E-state index in [2.05, 4.69) is 4.84 Å². The first kappa shape index (κ1) is 10.5. The third kappa shape index (κ3) is 9.12. The van der Waals surface area contributed by atoms with Crippen LogP contribution in [0.4, 0.5) is 4.79 Å². The van der Waals surface area contributed by atoms with Crippen LogP contribution in [-0.4, -0.2) is 6.16 Å². The zero-order valence-electron chi connectivity index (χ0n) is 4.17. The van der Waals surface area contributed by atoms with Crippen molar-refractivity contribution in [3.63, 3.8) is 0 Å². The van der Waals surface area contributed by atoms with Crippen molar-refractivity contribution in [2.24, 2.45) is 0 Å². The second kappa shape index (κ2) is 6.56. The van der Waals surface area contributed by atoms with Gasteiger partial charge in [0.05, 0.1) is 0 Å². The number of rotatable bonds is 1. The largest absolute Gasteiger partial charge is 1.00 e. The minimum atomic E-state index is -1.78. The molecule has 38 valence electrons. The Morgan fingerprint density at radius 2 is 2.38 bits per heavy atom. The maximum atomic E-state index is 9.21. The van der Waals surface area contributed by atoms with Crippen LogP contribution in [-0.2, 0) is 4.84 Å². The Kier molecular flexibility index (Phi) is 8.63. The molecule has 0 rings (SSSR count). The molecule has 0 amide bonds. The summed E-state index contributed by atoms with van der Waals surface area (Å²) in [6, 6.07) is 0. The van der Waals surface area contributed by atoms with Crippen LogP contribution >= 0.6 is 0 Å². The van der Waals surface area contributed by atoms with Crippen molar-refractivity contribution < 1.29 is 44.3 Å². The topological polar surface area (TPSA) is 85.2 Å². The average Bonchev–Trinajstić information content (AvgIpc) is 1.61. The number of nitriles is 1. The Morgan fingerprint density at radius 1 is 1.88 bits per heavy atom. The van der Waals surface area contributed by atoms with Crippen LogP contribution < -0.4 is 40.1 Å². The number of hydrogen-bond acceptors (Lipinski definition) is 5. The van der Waals surface area contributed by atoms with Crippen molar-refractivity contribution in [1.29, 1.82) is 5.26 Å². The SMILES string of the molecule is N#CNOC(=O)[O-].[Na+]. The quantitative estimate of drug-likeness (QED) is 0.164. The monoisotopic (exact) mass is 124 g/mol. The Bertz CT molecular complexity index is 108. The van der Waals surface area contributed by atoms with Crippen molar-refractivity contribution in [2.75, 3.05) is 0 Å². The number of hydroxylamine groups is 1. The van der Waals surface area contributed by atoms with Crippen molar-refractivity contribution in [3.05, 3.63) is 0 Å². The summed E-state index contributed by atoms with van der Waals surface area (Å²) >= 11 is 0. The van der Waals surface area contributed by atoms with Crippen molar-refractivity contribution in [3.8, 4) is 6.19 Å². The van der Waals surface area contributed by atoms with Crippen LogP contribution in [0.2, 0.25) is 0 Å². The van der Waals surface area contributed by atoms with E-state index in [1.807, 2.05) is 0 Å². The molecule has 0 saturated heterocycles. The van der Waals surface area contributed by atoms with Gasteiger partial charge in [-0.15, -0.1) is 0 Å². The van der Waals surface area contributed by atoms with Crippen LogP contribution in [0.25, 0.3) is 0 Å². The number of nitrogens with one attached hydrogen (secondary N) is 1. The first-order chi connectivity index (χ1) is 3.27. The van der Waals surface area contributed by atoms with Gasteiger partial charge in [-0.3, -0.25) is 0 Å². The normalized spacial score (nSPS) is 5.38. The number of nitrogens with zero attached hydrogens (tertiary/aromatic N) is 1. The third-order valence-electron chi connectivity index (χ3n) is 0.180. The van der Waals surface area contributed by atoms with E-state index in [1.54, 1.807) is 0 Å². The van der Waals surface area contributed by atoms with Gasteiger partial charge in [0.2, 0.25) is 0 Å². The maximum Gasteiger partial charge on any atom is 1.00 e. The predicted octanol–water partition coefficient (Wildman–Crippen LogP) is -4.66. The summed E-state index contributed by atoms with van der Waals surface area (Å²) in [5.41, 5.74) is 1.39. The summed E-state index contributed by atoms with van der Waals surface area (Å²) in [4.78, 5) is 12.6. The molecule has 1 N–H and O–H groups in total. The van der Waals surface area contributed by atoms with Gasteiger partial charge >= 0.3 is 29.6 Å². The fourth-order valence-corrected chi connectivity index (χ4v) is 0.0645. The van der Waals surface area contributed by atoms with Crippen LogP contribution in [0, 0.1) is 11.5 Å². The summed E-state index contributed by atoms with van der Waals surface area (Å²) < 4.78 is 0. The first-order valence-corrected chi connectivity index (χ1v) is 1.29. The van der Waals surface area contributed by atoms with Gasteiger partial charge in [-0.05, 0) is 0 Å². The first-order valence-electron chi connectivity index (χ1n) is 1.29. The average molecular weight is 124 g/mol. The molecule has 0 unspecified atom stereocenters. The van der Waals surface area contributed by atoms with E-state index in [-0.39, 0.29) is 29.6 Å². The second-order valence-electron chi connectivity index (χ2n) is 0.566. The molecule has 0 aliphatic carbocycles. The molecule has 0 aliphatic rings. The fourth-order valence-electron chi connectivity index (χ4n) is 0.0645. The summed E-state index contributed by atoms with van der Waals surface area (Å²) in [5, 5.41) is 16.7. The molecular weight excluding hydrogens is 123 g/mol. The van der Waals surface area contributed by atoms with E-state index < -0.39 is 6.16 Å². The van der Waals surface area contributed by atoms with E-state index in [4.69, 9.17) is 5.26 Å². The number of hydrogen-bond donors (Lipinski definition) is 1. The van der Waals surface area contributed by atoms with Gasteiger partial charge in [-0.25, -0.2) is 5.48 Å². The Morgan fingerprint density at radius 3 is 2.50 bits per heavy atom. The molecule has 0 aliphatic heterocycles. The number of carbonyl (C=O) groups excluding carboxylic acids is 1. The van der Waals surface area contributed by atoms with E-state index >= 15 is 0 Å². The fraction of sp³-hybridized carbons (Fsp3) is 0. The molecule has 0 heterocycles. The van der Waals surface area contributed by atoms with Crippen LogP contribution in [0.3, 0.4) is 0 Å². The van der Waals surface area contributed by atoms with Gasteiger partial charge in [-0.1, -0.05) is 0 Å². The smallest absolute Gasteiger partial charge is 0.434 e. The minimum absolute atomic E-state index is 0. The summed E-state index contributed by atoms with van der Waals surface area (Å²) in [6.45, 7) is 0. The van der Waals surface area contributed by atoms with Gasteiger partial charge in [0.25, 0.3) is 6.16 Å². The summed E-state index contributed by atoms with van der Waals surface area (Å²) in [7, 11) is 0. The van der Waals surface area contributed by atoms with Gasteiger partial charge in [0, 0.05) is 0 Å². The zero-order chi connectivity index (χ0) is 5.70. The Hall–Kier alpha value is -0.440. The van der Waals surface area contributed by atoms with Crippen molar-refractivity contribution in [2.45, 2.75) is 0 Å². The van der Waals surface area contributed by atoms with Gasteiger partial charge < -0.3 is 14.7 Å². The second-order valence-corrected chi connectivity index (χ2v) is 0.566. The van der Waals surface area contributed by atoms with Gasteiger partial charge in [-0.2, -0.15) is 5.26 Å². The molecule has 0 radical (unpaired) electrons. The summed E-state index contributed by atoms with van der Waals surface area (Å²) in [5.74, 6) is 0. The molecule has 0 fully saturated rings. The number of carboxylic acid groups (broad SMARTS) is 1. The maximum absolute atomic E-state index is 9.21. The molecule has 0 aromatic carbocycles. The molecule has 6 heteroatoms. The molecule has 0 saturated carbocycles. The third-order valence-corrected chi connectivity index (χ3v) is 0.180. The molecule has 0 spiro atoms. The predicted molar refractivity (Wildman–Crippen MR) is 15.2 cm³/mol. The molecule has 0 bridgehead atoms. The van der Waals surface area contributed by atoms with Crippen LogP contribution in [0.5, 0.6) is 0 Å². The molecule has 0 aromatic heterocycles. The molecule has 0 atom stereocenters. The van der Waals surface area contributed by atoms with E-state index in [9.17, 15) is 9.90 Å². The zero-order valence-corrected chi connectivity index (χ0v) is 6.17. The van der Waals surface area contributed by atoms with Crippen molar-refractivity contribution >= 4 is 6.16 Å². The molecule has 0 aromatic rings. The Balaban J connectivity index is 0. The van der Waals surface area contributed by atoms with Crippen LogP contribution in [0.15, 0.2) is 0 Å². The molecular formula is C2HN2NaO3. The molecule has 8 heavy (non-hydrogen) atoms. The standard InChI is InChI=1S/C2H2N2O3.Na/c3-1-4-7-2(5)6;/h4H,(H,5,6);/q;+1/p-1. The Labute approximate surface area is 67.5 Å². The van der Waals surface area contributed by atoms with Gasteiger partial charge in [0.15, 0.2) is 6.19 Å². The minimum Gasteiger partial charge on any atom is -0.434 e. The van der Waals surface area contributed by atoms with E-state index in [0.29, 0.717) is 0 Å². The van der Waals surface area contributed by atoms with Crippen LogP contribution in [0.1, 0.15) is 0 Å². The van der Waals surface area contributed by atoms with E-state index in [0.717, 1.165) is 0 Å². The van der Waals surface area contributed by atoms with Crippen molar-refractivity contribution in [1.82, 2.24) is 5.48 Å². The van der Waals surface area contributed by atoms with Gasteiger partial charge in [0.1, 0.15) is 0 Å². The number of carbonyl (C=O) groups is 1. The summed E-state index contributed by atoms with van der Waals surface area (Å²) in [6.07, 6.45) is -0.570.